The molecule has 0 aromatic heterocycles. The number of aliphatic carboxylic acids is 1. The molecule has 1 unspecified atom stereocenters. The Balaban J connectivity index is 1.17. The van der Waals surface area contributed by atoms with E-state index in [1.807, 2.05) is 11.6 Å². The molecular weight excluding hydrogens is 871 g/mol. The first-order valence-electron chi connectivity index (χ1n) is 22.3. The lowest BCUT2D eigenvalue weighted by Crippen LogP contribution is -2.70. The van der Waals surface area contributed by atoms with Crippen molar-refractivity contribution < 1.29 is 68.5 Å². The molecule has 1 aromatic rings. The van der Waals surface area contributed by atoms with Gasteiger partial charge in [0.15, 0.2) is 0 Å². The van der Waals surface area contributed by atoms with Crippen molar-refractivity contribution in [3.05, 3.63) is 41.0 Å². The maximum absolute atomic E-state index is 13.7. The molecule has 1 aromatic carbocycles. The minimum Gasteiger partial charge on any atom is -0.481 e. The third-order valence-electron chi connectivity index (χ3n) is 17.0. The third-order valence-corrected chi connectivity index (χ3v) is 18.5. The van der Waals surface area contributed by atoms with Crippen molar-refractivity contribution in [2.24, 2.45) is 62.4 Å². The van der Waals surface area contributed by atoms with Crippen molar-refractivity contribution in [1.82, 2.24) is 4.72 Å². The van der Waals surface area contributed by atoms with Crippen LogP contribution in [0.1, 0.15) is 124 Å². The number of unbranched alkanes of at least 4 members (excludes halogenated alkanes) is 1. The topological polar surface area (TPSA) is 171 Å². The van der Waals surface area contributed by atoms with Crippen LogP contribution in [0.4, 0.5) is 26.3 Å². The van der Waals surface area contributed by atoms with Gasteiger partial charge in [-0.3, -0.25) is 14.4 Å². The number of esters is 2. The summed E-state index contributed by atoms with van der Waals surface area (Å²) in [6.45, 7) is 16.6. The first-order valence-corrected chi connectivity index (χ1v) is 23.8. The number of halogens is 6. The monoisotopic (exact) mass is 934 g/mol. The molecule has 3 saturated carbocycles. The van der Waals surface area contributed by atoms with Gasteiger partial charge >= 0.3 is 30.3 Å². The zero-order valence-corrected chi connectivity index (χ0v) is 38.7. The van der Waals surface area contributed by atoms with Crippen LogP contribution in [-0.4, -0.2) is 69.4 Å². The number of alkyl halides is 6. The van der Waals surface area contributed by atoms with Crippen LogP contribution in [0.25, 0.3) is 0 Å². The number of carboxylic acid groups (broad SMARTS) is 1. The molecule has 0 radical (unpaired) electrons. The highest BCUT2D eigenvalue weighted by molar-refractivity contribution is 7.89. The molecule has 18 heteroatoms. The van der Waals surface area contributed by atoms with Crippen molar-refractivity contribution in [3.8, 4) is 0 Å². The Labute approximate surface area is 372 Å². The maximum atomic E-state index is 13.7. The average molecular weight is 935 g/mol. The highest BCUT2D eigenvalue weighted by atomic mass is 32.2. The molecule has 0 spiro atoms. The van der Waals surface area contributed by atoms with Crippen molar-refractivity contribution >= 4 is 27.9 Å². The largest absolute Gasteiger partial charge is 0.481 e. The van der Waals surface area contributed by atoms with E-state index in [4.69, 9.17) is 19.9 Å². The van der Waals surface area contributed by atoms with Crippen molar-refractivity contribution in [2.75, 3.05) is 19.8 Å². The summed E-state index contributed by atoms with van der Waals surface area (Å²) < 4.78 is 126. The molecule has 360 valence electrons. The van der Waals surface area contributed by atoms with E-state index < -0.39 is 102 Å². The molecule has 64 heavy (non-hydrogen) atoms. The molecule has 4 aliphatic carbocycles. The van der Waals surface area contributed by atoms with Gasteiger partial charge in [-0.05, 0) is 109 Å². The van der Waals surface area contributed by atoms with Gasteiger partial charge in [-0.25, -0.2) is 13.1 Å². The van der Waals surface area contributed by atoms with E-state index in [0.29, 0.717) is 25.4 Å². The van der Waals surface area contributed by atoms with Crippen LogP contribution in [0.5, 0.6) is 0 Å². The summed E-state index contributed by atoms with van der Waals surface area (Å²) in [5, 5.41) is 11.0. The Kier molecular flexibility index (Phi) is 13.4. The third kappa shape index (κ3) is 8.52. The van der Waals surface area contributed by atoms with E-state index in [-0.39, 0.29) is 73.8 Å². The second-order valence-corrected chi connectivity index (χ2v) is 22.6. The standard InChI is InChI=1S/C46H64F6N2O9S/c1-25(2)26(3)40(5)16-17-42(7)31-12-13-35-41(6)23-61-24-44(35,32(31)14-15-43(42,8)36(40)38(56)57)22-34(62-27(4)55)37(41)63-39(58)33(53)11-9-10-18-54-64(59,60)30-20-28(45(47,48)49)19-29(21-30)46(50,51)52/h14,19-21,25-26,31,33-37,54H,9-13,15-18,22-24,53H2,1-8H3,(H,56,57)/t26-,31+,33?,34-,35+,36-,37+,40-,41-,42-,43+,44-/m1/s1. The van der Waals surface area contributed by atoms with Crippen LogP contribution in [0, 0.1) is 56.7 Å². The molecule has 0 amide bonds. The summed E-state index contributed by atoms with van der Waals surface area (Å²) in [4.78, 5) is 38.7. The van der Waals surface area contributed by atoms with E-state index >= 15 is 0 Å². The lowest BCUT2D eigenvalue weighted by Gasteiger charge is -2.71. The van der Waals surface area contributed by atoms with Crippen LogP contribution in [0.15, 0.2) is 34.7 Å². The van der Waals surface area contributed by atoms with E-state index in [1.165, 1.54) is 12.5 Å². The molecule has 12 atom stereocenters. The fourth-order valence-electron chi connectivity index (χ4n) is 13.3. The Morgan fingerprint density at radius 3 is 2.11 bits per heavy atom. The number of fused-ring (bicyclic) bond motifs is 3. The molecule has 2 bridgehead atoms. The number of hydrogen-bond acceptors (Lipinski definition) is 9. The number of sulfonamides is 1. The quantitative estimate of drug-likeness (QED) is 0.0751. The normalized spacial score (nSPS) is 36.1. The van der Waals surface area contributed by atoms with E-state index in [0.717, 1.165) is 25.7 Å². The van der Waals surface area contributed by atoms with Gasteiger partial charge < -0.3 is 25.1 Å². The van der Waals surface area contributed by atoms with E-state index in [9.17, 15) is 54.3 Å². The first-order chi connectivity index (χ1) is 29.4. The number of nitrogens with two attached hydrogens (primary N) is 1. The highest BCUT2D eigenvalue weighted by Crippen LogP contribution is 2.75. The smallest absolute Gasteiger partial charge is 0.416 e. The number of rotatable bonds is 13. The molecule has 6 rings (SSSR count). The molecule has 1 saturated heterocycles. The molecule has 11 nitrogen and oxygen atoms in total. The fourth-order valence-corrected chi connectivity index (χ4v) is 14.4. The van der Waals surface area contributed by atoms with Gasteiger partial charge in [-0.2, -0.15) is 26.3 Å². The Bertz CT molecular complexity index is 2100. The Morgan fingerprint density at radius 1 is 0.922 bits per heavy atom. The fraction of sp³-hybridized carbons (Fsp3) is 0.761. The minimum absolute atomic E-state index is 0.00782. The maximum Gasteiger partial charge on any atom is 0.416 e. The number of carboxylic acids is 1. The van der Waals surface area contributed by atoms with Gasteiger partial charge in [-0.1, -0.05) is 66.5 Å². The van der Waals surface area contributed by atoms with Crippen LogP contribution in [-0.2, 0) is 51.0 Å². The summed E-state index contributed by atoms with van der Waals surface area (Å²) in [7, 11) is -4.79. The summed E-state index contributed by atoms with van der Waals surface area (Å²) in [6, 6.07) is -1.11. The average Bonchev–Trinajstić information content (AvgIpc) is 3.17. The molecule has 4 N–H and O–H groups in total. The van der Waals surface area contributed by atoms with Crippen LogP contribution < -0.4 is 10.5 Å². The SMILES string of the molecule is CC(=O)O[C@@H]1C[C@]23COC[C@](C)([C@@H]2CC[C@H]2C3=CC[C@@]3(C)[C@H](C(=O)O)[C@@](C)([C@H](C)C(C)C)CC[C@]23C)[C@H]1OC(=O)C(N)CCCCNS(=O)(=O)c1cc(C(F)(F)F)cc(C(F)(F)F)c1. The number of carbonyl (C=O) groups excluding carboxylic acids is 2. The number of ether oxygens (including phenoxy) is 3. The van der Waals surface area contributed by atoms with E-state index in [1.54, 1.807) is 0 Å². The number of hydrogen-bond donors (Lipinski definition) is 3. The van der Waals surface area contributed by atoms with Gasteiger partial charge in [0.2, 0.25) is 10.0 Å². The lowest BCUT2D eigenvalue weighted by molar-refractivity contribution is -0.263. The molecule has 1 aliphatic heterocycles. The first kappa shape index (κ1) is 50.2. The predicted molar refractivity (Wildman–Crippen MR) is 222 cm³/mol. The summed E-state index contributed by atoms with van der Waals surface area (Å²) in [5.41, 5.74) is 1.26. The van der Waals surface area contributed by atoms with Gasteiger partial charge in [0, 0.05) is 24.3 Å². The van der Waals surface area contributed by atoms with Crippen LogP contribution >= 0.6 is 0 Å². The summed E-state index contributed by atoms with van der Waals surface area (Å²) in [5.74, 6) is -2.20. The number of nitrogens with one attached hydrogen (secondary N) is 1. The minimum atomic E-state index is -5.23. The summed E-state index contributed by atoms with van der Waals surface area (Å²) in [6.07, 6.45) is -5.81. The molecule has 1 heterocycles. The van der Waals surface area contributed by atoms with Gasteiger partial charge in [0.25, 0.3) is 0 Å². The number of carbonyl (C=O) groups is 3. The van der Waals surface area contributed by atoms with Crippen molar-refractivity contribution in [3.63, 3.8) is 0 Å². The van der Waals surface area contributed by atoms with Crippen LogP contribution in [0.3, 0.4) is 0 Å². The number of benzene rings is 1. The Morgan fingerprint density at radius 2 is 1.55 bits per heavy atom. The predicted octanol–water partition coefficient (Wildman–Crippen LogP) is 8.93. The molecular formula is C46H64F6N2O9S. The number of allylic oxidation sites excluding steroid dienone is 1. The van der Waals surface area contributed by atoms with Crippen LogP contribution in [0.2, 0.25) is 0 Å². The molecule has 4 fully saturated rings. The van der Waals surface area contributed by atoms with Crippen molar-refractivity contribution in [2.45, 2.75) is 149 Å². The zero-order chi connectivity index (χ0) is 47.8. The van der Waals surface area contributed by atoms with Gasteiger partial charge in [-0.15, -0.1) is 0 Å². The highest BCUT2D eigenvalue weighted by Gasteiger charge is 2.72. The lowest BCUT2D eigenvalue weighted by atomic mass is 9.34. The van der Waals surface area contributed by atoms with Gasteiger partial charge in [0.1, 0.15) is 18.2 Å². The van der Waals surface area contributed by atoms with E-state index in [2.05, 4.69) is 47.6 Å². The van der Waals surface area contributed by atoms with Crippen molar-refractivity contribution in [1.29, 1.82) is 0 Å². The summed E-state index contributed by atoms with van der Waals surface area (Å²) >= 11 is 0. The second kappa shape index (κ2) is 17.1. The second-order valence-electron chi connectivity index (χ2n) is 20.8. The Hall–Kier alpha value is -3.22. The zero-order valence-electron chi connectivity index (χ0n) is 37.9. The van der Waals surface area contributed by atoms with Gasteiger partial charge in [0.05, 0.1) is 35.2 Å². The molecule has 5 aliphatic rings.